The number of nitrogens with one attached hydrogen (secondary N) is 1. The number of likely N-dealkylation sites (N-methyl/N-ethyl adjacent to an activating group) is 1. The molecule has 1 aromatic carbocycles. The monoisotopic (exact) mass is 368 g/mol. The third-order valence-corrected chi connectivity index (χ3v) is 4.93. The van der Waals surface area contributed by atoms with Crippen molar-refractivity contribution in [2.75, 3.05) is 37.3 Å². The lowest BCUT2D eigenvalue weighted by molar-refractivity contribution is -0.138. The molecule has 0 aliphatic carbocycles. The number of nitrogens with zero attached hydrogens (tertiary/aromatic N) is 4. The summed E-state index contributed by atoms with van der Waals surface area (Å²) in [5.41, 5.74) is 5.34. The summed E-state index contributed by atoms with van der Waals surface area (Å²) < 4.78 is 39.3. The van der Waals surface area contributed by atoms with Crippen LogP contribution in [0.2, 0.25) is 0 Å². The van der Waals surface area contributed by atoms with Crippen LogP contribution < -0.4 is 10.6 Å². The second-order valence-electron chi connectivity index (χ2n) is 6.62. The molecule has 0 atom stereocenters. The van der Waals surface area contributed by atoms with E-state index < -0.39 is 11.7 Å². The van der Waals surface area contributed by atoms with Crippen molar-refractivity contribution in [1.82, 2.24) is 20.1 Å². The molecule has 3 N–H and O–H groups in total. The van der Waals surface area contributed by atoms with Gasteiger partial charge in [0.15, 0.2) is 0 Å². The maximum absolute atomic E-state index is 13.1. The van der Waals surface area contributed by atoms with Crippen molar-refractivity contribution in [2.24, 2.45) is 0 Å². The number of hydrogen-bond acceptors (Lipinski definition) is 5. The lowest BCUT2D eigenvalue weighted by atomic mass is 10.0. The number of aromatic amines is 1. The van der Waals surface area contributed by atoms with Crippen LogP contribution in [-0.4, -0.2) is 52.8 Å². The quantitative estimate of drug-likeness (QED) is 0.849. The highest BCUT2D eigenvalue weighted by molar-refractivity contribution is 5.34. The summed E-state index contributed by atoms with van der Waals surface area (Å²) in [6.45, 7) is 2.21. The van der Waals surface area contributed by atoms with Crippen molar-refractivity contribution < 1.29 is 13.2 Å². The zero-order valence-electron chi connectivity index (χ0n) is 14.6. The molecule has 1 aromatic heterocycles. The molecule has 0 bridgehead atoms. The van der Waals surface area contributed by atoms with Crippen LogP contribution in [0.25, 0.3) is 0 Å². The number of alkyl halides is 3. The number of nitrogen functional groups attached to an aromatic ring is 1. The first-order chi connectivity index (χ1) is 12.3. The summed E-state index contributed by atoms with van der Waals surface area (Å²) in [7, 11) is 1.98. The van der Waals surface area contributed by atoms with E-state index >= 15 is 0 Å². The first-order valence-corrected chi connectivity index (χ1v) is 8.63. The number of anilines is 2. The summed E-state index contributed by atoms with van der Waals surface area (Å²) in [6.07, 6.45) is -2.10. The zero-order chi connectivity index (χ0) is 18.7. The van der Waals surface area contributed by atoms with Crippen molar-refractivity contribution in [2.45, 2.75) is 31.5 Å². The number of aromatic nitrogens is 3. The molecule has 1 fully saturated rings. The second-order valence-corrected chi connectivity index (χ2v) is 6.62. The van der Waals surface area contributed by atoms with Crippen LogP contribution >= 0.6 is 0 Å². The van der Waals surface area contributed by atoms with Gasteiger partial charge in [0.05, 0.1) is 5.56 Å². The fraction of sp³-hybridized carbons (Fsp3) is 0.529. The molecule has 0 radical (unpaired) electrons. The van der Waals surface area contributed by atoms with Gasteiger partial charge in [-0.1, -0.05) is 18.2 Å². The highest BCUT2D eigenvalue weighted by Gasteiger charge is 2.33. The Labute approximate surface area is 150 Å². The SMILES string of the molecule is CN(CCc1ccccc1C(F)(F)F)C1CCN(c2nc(N)n[nH]2)CC1. The molecule has 2 aromatic rings. The van der Waals surface area contributed by atoms with Gasteiger partial charge in [-0.05, 0) is 37.9 Å². The molecule has 9 heteroatoms. The lowest BCUT2D eigenvalue weighted by Gasteiger charge is -2.36. The van der Waals surface area contributed by atoms with Gasteiger partial charge in [0, 0.05) is 25.7 Å². The minimum atomic E-state index is -4.31. The largest absolute Gasteiger partial charge is 0.416 e. The van der Waals surface area contributed by atoms with Gasteiger partial charge in [-0.2, -0.15) is 18.2 Å². The van der Waals surface area contributed by atoms with E-state index in [-0.39, 0.29) is 5.95 Å². The average molecular weight is 368 g/mol. The van der Waals surface area contributed by atoms with Crippen LogP contribution in [0.15, 0.2) is 24.3 Å². The van der Waals surface area contributed by atoms with E-state index in [1.165, 1.54) is 6.07 Å². The average Bonchev–Trinajstić information content (AvgIpc) is 3.06. The molecule has 2 heterocycles. The molecule has 0 amide bonds. The third-order valence-electron chi connectivity index (χ3n) is 4.93. The predicted molar refractivity (Wildman–Crippen MR) is 93.8 cm³/mol. The highest BCUT2D eigenvalue weighted by atomic mass is 19.4. The van der Waals surface area contributed by atoms with Crippen LogP contribution in [0.3, 0.4) is 0 Å². The Morgan fingerprint density at radius 1 is 1.27 bits per heavy atom. The smallest absolute Gasteiger partial charge is 0.366 e. The van der Waals surface area contributed by atoms with E-state index in [2.05, 4.69) is 25.0 Å². The Hall–Kier alpha value is -2.29. The van der Waals surface area contributed by atoms with Crippen molar-refractivity contribution in [3.63, 3.8) is 0 Å². The van der Waals surface area contributed by atoms with E-state index in [0.29, 0.717) is 30.5 Å². The van der Waals surface area contributed by atoms with E-state index in [1.807, 2.05) is 7.05 Å². The third kappa shape index (κ3) is 4.27. The standard InChI is InChI=1S/C17H23F3N6/c1-25(9-6-12-4-2-3-5-14(12)17(18,19)20)13-7-10-26(11-8-13)16-22-15(21)23-24-16/h2-5,13H,6-11H2,1H3,(H3,21,22,23,24). The van der Waals surface area contributed by atoms with Gasteiger partial charge < -0.3 is 15.5 Å². The molecule has 6 nitrogen and oxygen atoms in total. The normalized spacial score (nSPS) is 16.4. The molecule has 3 rings (SSSR count). The molecule has 0 unspecified atom stereocenters. The van der Waals surface area contributed by atoms with Gasteiger partial charge in [0.2, 0.25) is 11.9 Å². The van der Waals surface area contributed by atoms with Gasteiger partial charge in [0.25, 0.3) is 0 Å². The number of nitrogens with two attached hydrogens (primary N) is 1. The van der Waals surface area contributed by atoms with Gasteiger partial charge in [0.1, 0.15) is 0 Å². The van der Waals surface area contributed by atoms with Crippen molar-refractivity contribution in [3.05, 3.63) is 35.4 Å². The summed E-state index contributed by atoms with van der Waals surface area (Å²) in [5.74, 6) is 0.894. The number of benzene rings is 1. The van der Waals surface area contributed by atoms with Gasteiger partial charge >= 0.3 is 6.18 Å². The maximum atomic E-state index is 13.1. The Kier molecular flexibility index (Phi) is 5.36. The molecule has 142 valence electrons. The first kappa shape index (κ1) is 18.5. The molecular weight excluding hydrogens is 345 g/mol. The molecule has 1 aliphatic rings. The van der Waals surface area contributed by atoms with Crippen LogP contribution in [0.1, 0.15) is 24.0 Å². The van der Waals surface area contributed by atoms with E-state index in [4.69, 9.17) is 5.73 Å². The Balaban J connectivity index is 1.53. The fourth-order valence-electron chi connectivity index (χ4n) is 3.42. The molecule has 0 spiro atoms. The summed E-state index contributed by atoms with van der Waals surface area (Å²) in [4.78, 5) is 8.37. The Morgan fingerprint density at radius 2 is 1.96 bits per heavy atom. The topological polar surface area (TPSA) is 74.1 Å². The number of hydrogen-bond donors (Lipinski definition) is 2. The zero-order valence-corrected chi connectivity index (χ0v) is 14.6. The van der Waals surface area contributed by atoms with Crippen molar-refractivity contribution in [3.8, 4) is 0 Å². The number of halogens is 3. The molecule has 1 saturated heterocycles. The summed E-state index contributed by atoms with van der Waals surface area (Å²) in [5, 5.41) is 6.64. The first-order valence-electron chi connectivity index (χ1n) is 8.63. The van der Waals surface area contributed by atoms with Crippen LogP contribution in [0.5, 0.6) is 0 Å². The second kappa shape index (κ2) is 7.53. The van der Waals surface area contributed by atoms with E-state index in [0.717, 1.165) is 32.0 Å². The number of rotatable bonds is 5. The van der Waals surface area contributed by atoms with Gasteiger partial charge in [-0.25, -0.2) is 5.10 Å². The molecule has 26 heavy (non-hydrogen) atoms. The van der Waals surface area contributed by atoms with Crippen molar-refractivity contribution in [1.29, 1.82) is 0 Å². The summed E-state index contributed by atoms with van der Waals surface area (Å²) >= 11 is 0. The molecular formula is C17H23F3N6. The fourth-order valence-corrected chi connectivity index (χ4v) is 3.42. The Morgan fingerprint density at radius 3 is 2.58 bits per heavy atom. The minimum Gasteiger partial charge on any atom is -0.366 e. The molecule has 1 aliphatic heterocycles. The number of H-pyrrole nitrogens is 1. The van der Waals surface area contributed by atoms with Crippen LogP contribution in [0.4, 0.5) is 25.1 Å². The predicted octanol–water partition coefficient (Wildman–Crippen LogP) is 2.55. The number of piperidine rings is 1. The lowest BCUT2D eigenvalue weighted by Crippen LogP contribution is -2.44. The van der Waals surface area contributed by atoms with E-state index in [1.54, 1.807) is 12.1 Å². The minimum absolute atomic E-state index is 0.225. The van der Waals surface area contributed by atoms with Crippen LogP contribution in [0, 0.1) is 0 Å². The van der Waals surface area contributed by atoms with Crippen LogP contribution in [-0.2, 0) is 12.6 Å². The van der Waals surface area contributed by atoms with Crippen molar-refractivity contribution >= 4 is 11.9 Å². The van der Waals surface area contributed by atoms with Gasteiger partial charge in [-0.15, -0.1) is 5.10 Å². The highest BCUT2D eigenvalue weighted by Crippen LogP contribution is 2.32. The maximum Gasteiger partial charge on any atom is 0.416 e. The van der Waals surface area contributed by atoms with E-state index in [9.17, 15) is 13.2 Å². The molecule has 0 saturated carbocycles. The Bertz CT molecular complexity index is 721. The summed E-state index contributed by atoms with van der Waals surface area (Å²) in [6, 6.07) is 6.14. The van der Waals surface area contributed by atoms with Gasteiger partial charge in [-0.3, -0.25) is 0 Å².